The molecule has 6 heteroatoms. The molecule has 1 fully saturated rings. The molecule has 0 N–H and O–H groups in total. The van der Waals surface area contributed by atoms with Gasteiger partial charge >= 0.3 is 0 Å². The number of anilines is 1. The summed E-state index contributed by atoms with van der Waals surface area (Å²) in [4.78, 5) is 21.4. The molecule has 1 atom stereocenters. The Bertz CT molecular complexity index is 848. The van der Waals surface area contributed by atoms with Crippen LogP contribution < -0.4 is 10.5 Å². The van der Waals surface area contributed by atoms with Gasteiger partial charge in [0, 0.05) is 17.5 Å². The maximum Gasteiger partial charge on any atom is 0.267 e. The SMILES string of the molecule is O=c1cc2c(nn1CC1CCCN1c1nc3c(s1)CCCC3)CCCC2. The first-order valence-electron chi connectivity index (χ1n) is 10.1. The van der Waals surface area contributed by atoms with Crippen LogP contribution in [0.3, 0.4) is 0 Å². The van der Waals surface area contributed by atoms with Crippen molar-refractivity contribution in [1.82, 2.24) is 14.8 Å². The van der Waals surface area contributed by atoms with E-state index >= 15 is 0 Å². The van der Waals surface area contributed by atoms with E-state index < -0.39 is 0 Å². The summed E-state index contributed by atoms with van der Waals surface area (Å²) in [5.41, 5.74) is 3.71. The van der Waals surface area contributed by atoms with Crippen LogP contribution in [0.2, 0.25) is 0 Å². The number of aryl methyl sites for hydroxylation is 4. The predicted molar refractivity (Wildman–Crippen MR) is 104 cm³/mol. The van der Waals surface area contributed by atoms with Gasteiger partial charge in [0.25, 0.3) is 5.56 Å². The van der Waals surface area contributed by atoms with Crippen molar-refractivity contribution < 1.29 is 0 Å². The third kappa shape index (κ3) is 2.98. The number of aromatic nitrogens is 3. The molecule has 2 aromatic rings. The zero-order valence-corrected chi connectivity index (χ0v) is 16.1. The Morgan fingerprint density at radius 2 is 1.85 bits per heavy atom. The second-order valence-corrected chi connectivity index (χ2v) is 8.97. The molecule has 0 amide bonds. The van der Waals surface area contributed by atoms with Gasteiger partial charge in [-0.05, 0) is 69.8 Å². The van der Waals surface area contributed by atoms with Crippen molar-refractivity contribution in [2.45, 2.75) is 76.8 Å². The number of thiazole rings is 1. The van der Waals surface area contributed by atoms with E-state index in [1.807, 2.05) is 17.4 Å². The highest BCUT2D eigenvalue weighted by atomic mass is 32.1. The van der Waals surface area contributed by atoms with E-state index in [1.165, 1.54) is 59.8 Å². The highest BCUT2D eigenvalue weighted by Gasteiger charge is 2.29. The van der Waals surface area contributed by atoms with Crippen LogP contribution in [0.1, 0.15) is 60.4 Å². The lowest BCUT2D eigenvalue weighted by Gasteiger charge is -2.25. The summed E-state index contributed by atoms with van der Waals surface area (Å²) in [6.07, 6.45) is 11.6. The lowest BCUT2D eigenvalue weighted by molar-refractivity contribution is 0.473. The zero-order valence-electron chi connectivity index (χ0n) is 15.2. The molecule has 1 saturated heterocycles. The van der Waals surface area contributed by atoms with Crippen LogP contribution in [0.4, 0.5) is 5.13 Å². The molecule has 0 spiro atoms. The van der Waals surface area contributed by atoms with Gasteiger partial charge in [0.2, 0.25) is 0 Å². The summed E-state index contributed by atoms with van der Waals surface area (Å²) in [6.45, 7) is 1.74. The van der Waals surface area contributed by atoms with E-state index in [9.17, 15) is 4.79 Å². The monoisotopic (exact) mass is 370 g/mol. The molecule has 26 heavy (non-hydrogen) atoms. The summed E-state index contributed by atoms with van der Waals surface area (Å²) in [7, 11) is 0. The number of fused-ring (bicyclic) bond motifs is 2. The summed E-state index contributed by atoms with van der Waals surface area (Å²) < 4.78 is 1.72. The summed E-state index contributed by atoms with van der Waals surface area (Å²) in [6, 6.07) is 2.18. The zero-order chi connectivity index (χ0) is 17.5. The number of rotatable bonds is 3. The molecule has 138 valence electrons. The first-order valence-corrected chi connectivity index (χ1v) is 10.9. The quantitative estimate of drug-likeness (QED) is 0.833. The smallest absolute Gasteiger partial charge is 0.267 e. The summed E-state index contributed by atoms with van der Waals surface area (Å²) in [5, 5.41) is 5.90. The lowest BCUT2D eigenvalue weighted by Crippen LogP contribution is -2.37. The van der Waals surface area contributed by atoms with Crippen molar-refractivity contribution in [1.29, 1.82) is 0 Å². The van der Waals surface area contributed by atoms with Gasteiger partial charge < -0.3 is 4.90 Å². The van der Waals surface area contributed by atoms with Gasteiger partial charge in [0.15, 0.2) is 5.13 Å². The molecule has 0 aromatic carbocycles. The Labute approximate surface area is 158 Å². The minimum absolute atomic E-state index is 0.0657. The normalized spacial score (nSPS) is 22.3. The van der Waals surface area contributed by atoms with Crippen molar-refractivity contribution in [2.24, 2.45) is 0 Å². The van der Waals surface area contributed by atoms with E-state index in [-0.39, 0.29) is 5.56 Å². The Kier molecular flexibility index (Phi) is 4.31. The Morgan fingerprint density at radius 3 is 2.73 bits per heavy atom. The fraction of sp³-hybridized carbons (Fsp3) is 0.650. The van der Waals surface area contributed by atoms with Gasteiger partial charge in [-0.3, -0.25) is 4.79 Å². The molecule has 3 heterocycles. The van der Waals surface area contributed by atoms with Gasteiger partial charge in [0.05, 0.1) is 24.0 Å². The van der Waals surface area contributed by atoms with Crippen LogP contribution in [0.15, 0.2) is 10.9 Å². The molecule has 0 saturated carbocycles. The second-order valence-electron chi connectivity index (χ2n) is 7.91. The van der Waals surface area contributed by atoms with Gasteiger partial charge in [0.1, 0.15) is 0 Å². The molecule has 2 aromatic heterocycles. The number of hydrogen-bond donors (Lipinski definition) is 0. The minimum Gasteiger partial charge on any atom is -0.343 e. The molecule has 1 unspecified atom stereocenters. The molecule has 0 bridgehead atoms. The molecule has 1 aliphatic heterocycles. The standard InChI is InChI=1S/C20H26N4OS/c25-19-12-14-6-1-2-8-16(14)22-24(19)13-15-7-5-11-23(15)20-21-17-9-3-4-10-18(17)26-20/h12,15H,1-11,13H2. The first kappa shape index (κ1) is 16.5. The Morgan fingerprint density at radius 1 is 1.04 bits per heavy atom. The van der Waals surface area contributed by atoms with Crippen LogP contribution in [0.5, 0.6) is 0 Å². The van der Waals surface area contributed by atoms with E-state index in [0.717, 1.165) is 37.9 Å². The molecule has 2 aliphatic carbocycles. The third-order valence-electron chi connectivity index (χ3n) is 6.11. The molecular formula is C20H26N4OS. The van der Waals surface area contributed by atoms with Gasteiger partial charge in [-0.25, -0.2) is 9.67 Å². The molecule has 0 radical (unpaired) electrons. The van der Waals surface area contributed by atoms with Crippen LogP contribution in [0.25, 0.3) is 0 Å². The van der Waals surface area contributed by atoms with Gasteiger partial charge in [-0.2, -0.15) is 5.10 Å². The highest BCUT2D eigenvalue weighted by Crippen LogP contribution is 2.35. The summed E-state index contributed by atoms with van der Waals surface area (Å²) in [5.74, 6) is 0. The predicted octanol–water partition coefficient (Wildman–Crippen LogP) is 3.13. The van der Waals surface area contributed by atoms with E-state index in [4.69, 9.17) is 10.1 Å². The van der Waals surface area contributed by atoms with Crippen LogP contribution in [-0.4, -0.2) is 27.4 Å². The van der Waals surface area contributed by atoms with Gasteiger partial charge in [-0.15, -0.1) is 11.3 Å². The molecule has 5 rings (SSSR count). The van der Waals surface area contributed by atoms with E-state index in [1.54, 1.807) is 4.68 Å². The minimum atomic E-state index is 0.0657. The van der Waals surface area contributed by atoms with Crippen LogP contribution in [0, 0.1) is 0 Å². The van der Waals surface area contributed by atoms with Crippen molar-refractivity contribution in [3.63, 3.8) is 0 Å². The van der Waals surface area contributed by atoms with Crippen molar-refractivity contribution in [3.8, 4) is 0 Å². The average molecular weight is 371 g/mol. The van der Waals surface area contributed by atoms with E-state index in [0.29, 0.717) is 12.6 Å². The Hall–Kier alpha value is -1.69. The van der Waals surface area contributed by atoms with Crippen LogP contribution >= 0.6 is 11.3 Å². The second kappa shape index (κ2) is 6.80. The maximum absolute atomic E-state index is 12.6. The topological polar surface area (TPSA) is 51.0 Å². The number of nitrogens with zero attached hydrogens (tertiary/aromatic N) is 4. The summed E-state index contributed by atoms with van der Waals surface area (Å²) >= 11 is 1.88. The average Bonchev–Trinajstić information content (AvgIpc) is 3.28. The van der Waals surface area contributed by atoms with Crippen molar-refractivity contribution in [3.05, 3.63) is 38.2 Å². The first-order chi connectivity index (χ1) is 12.8. The van der Waals surface area contributed by atoms with Crippen LogP contribution in [-0.2, 0) is 32.2 Å². The highest BCUT2D eigenvalue weighted by molar-refractivity contribution is 7.15. The van der Waals surface area contributed by atoms with Crippen molar-refractivity contribution >= 4 is 16.5 Å². The fourth-order valence-corrected chi connectivity index (χ4v) is 5.92. The molecule has 5 nitrogen and oxygen atoms in total. The fourth-order valence-electron chi connectivity index (χ4n) is 4.67. The maximum atomic E-state index is 12.6. The largest absolute Gasteiger partial charge is 0.343 e. The lowest BCUT2D eigenvalue weighted by atomic mass is 9.97. The third-order valence-corrected chi connectivity index (χ3v) is 7.31. The van der Waals surface area contributed by atoms with Crippen molar-refractivity contribution in [2.75, 3.05) is 11.4 Å². The molecular weight excluding hydrogens is 344 g/mol. The molecule has 3 aliphatic rings. The van der Waals surface area contributed by atoms with Gasteiger partial charge in [-0.1, -0.05) is 0 Å². The number of hydrogen-bond acceptors (Lipinski definition) is 5. The van der Waals surface area contributed by atoms with E-state index in [2.05, 4.69) is 4.90 Å². The Balaban J connectivity index is 1.39.